The smallest absolute Gasteiger partial charge is 0.273 e. The molecular weight excluding hydrogens is 294 g/mol. The quantitative estimate of drug-likeness (QED) is 0.525. The van der Waals surface area contributed by atoms with Gasteiger partial charge in [-0.15, -0.1) is 0 Å². The Morgan fingerprint density at radius 2 is 1.95 bits per heavy atom. The first-order valence-corrected chi connectivity index (χ1v) is 8.68. The Morgan fingerprint density at radius 1 is 1.26 bits per heavy atom. The molecule has 0 saturated carbocycles. The predicted molar refractivity (Wildman–Crippen MR) is 69.3 cm³/mol. The van der Waals surface area contributed by atoms with Crippen LogP contribution in [0.15, 0.2) is 21.6 Å². The molecule has 0 aromatic carbocycles. The van der Waals surface area contributed by atoms with E-state index in [1.807, 2.05) is 0 Å². The zero-order valence-corrected chi connectivity index (χ0v) is 12.1. The molecule has 19 heavy (non-hydrogen) atoms. The first-order chi connectivity index (χ1) is 8.74. The van der Waals surface area contributed by atoms with Gasteiger partial charge < -0.3 is 9.73 Å². The van der Waals surface area contributed by atoms with E-state index in [0.717, 1.165) is 0 Å². The van der Waals surface area contributed by atoms with Crippen LogP contribution in [0, 0.1) is 0 Å². The largest absolute Gasteiger partial charge is 0.447 e. The molecular formula is C9H17N3O5S2. The summed E-state index contributed by atoms with van der Waals surface area (Å²) in [6.45, 7) is 0.391. The summed E-state index contributed by atoms with van der Waals surface area (Å²) in [5.41, 5.74) is 0. The minimum absolute atomic E-state index is 0.0270. The Bertz CT molecular complexity index is 606. The highest BCUT2D eigenvalue weighted by Gasteiger charge is 2.18. The lowest BCUT2D eigenvalue weighted by Gasteiger charge is -2.03. The first kappa shape index (κ1) is 16.1. The Hall–Kier alpha value is -0.940. The van der Waals surface area contributed by atoms with Crippen LogP contribution in [0.25, 0.3) is 0 Å². The number of furan rings is 1. The normalized spacial score (nSPS) is 12.7. The molecule has 0 radical (unpaired) electrons. The molecule has 10 heteroatoms. The number of sulfonamides is 2. The van der Waals surface area contributed by atoms with E-state index in [9.17, 15) is 16.8 Å². The second-order valence-electron chi connectivity index (χ2n) is 3.87. The van der Waals surface area contributed by atoms with Gasteiger partial charge in [0.2, 0.25) is 15.1 Å². The van der Waals surface area contributed by atoms with Crippen LogP contribution in [0.5, 0.6) is 0 Å². The number of primary sulfonamides is 1. The molecule has 8 nitrogen and oxygen atoms in total. The van der Waals surface area contributed by atoms with Crippen LogP contribution in [0.2, 0.25) is 0 Å². The third-order valence-corrected chi connectivity index (χ3v) is 4.34. The molecule has 0 spiro atoms. The average Bonchev–Trinajstić information content (AvgIpc) is 2.73. The zero-order valence-electron chi connectivity index (χ0n) is 10.4. The van der Waals surface area contributed by atoms with Gasteiger partial charge in [0, 0.05) is 6.54 Å². The summed E-state index contributed by atoms with van der Waals surface area (Å²) in [4.78, 5) is 0. The van der Waals surface area contributed by atoms with Crippen LogP contribution < -0.4 is 15.2 Å². The molecule has 0 aliphatic rings. The van der Waals surface area contributed by atoms with Gasteiger partial charge in [0.05, 0.1) is 12.3 Å². The third-order valence-electron chi connectivity index (χ3n) is 2.15. The topological polar surface area (TPSA) is 132 Å². The van der Waals surface area contributed by atoms with Crippen molar-refractivity contribution in [2.75, 3.05) is 19.3 Å². The van der Waals surface area contributed by atoms with Crippen LogP contribution in [0.3, 0.4) is 0 Å². The molecule has 0 fully saturated rings. The van der Waals surface area contributed by atoms with Crippen molar-refractivity contribution in [3.8, 4) is 0 Å². The number of hydrogen-bond donors (Lipinski definition) is 3. The highest BCUT2D eigenvalue weighted by Crippen LogP contribution is 2.13. The second-order valence-corrected chi connectivity index (χ2v) is 7.30. The predicted octanol–water partition coefficient (Wildman–Crippen LogP) is -1.04. The van der Waals surface area contributed by atoms with Gasteiger partial charge >= 0.3 is 0 Å². The highest BCUT2D eigenvalue weighted by atomic mass is 32.2. The monoisotopic (exact) mass is 311 g/mol. The van der Waals surface area contributed by atoms with E-state index in [1.165, 1.54) is 6.07 Å². The van der Waals surface area contributed by atoms with Gasteiger partial charge in [0.25, 0.3) is 10.0 Å². The van der Waals surface area contributed by atoms with Crippen LogP contribution >= 0.6 is 0 Å². The van der Waals surface area contributed by atoms with E-state index in [-0.39, 0.29) is 23.8 Å². The fourth-order valence-corrected chi connectivity index (χ4v) is 2.89. The van der Waals surface area contributed by atoms with Gasteiger partial charge in [-0.25, -0.2) is 26.7 Å². The van der Waals surface area contributed by atoms with Crippen molar-refractivity contribution in [3.05, 3.63) is 17.9 Å². The zero-order chi connectivity index (χ0) is 14.5. The van der Waals surface area contributed by atoms with Crippen molar-refractivity contribution in [2.24, 2.45) is 5.14 Å². The maximum absolute atomic E-state index is 11.8. The van der Waals surface area contributed by atoms with Gasteiger partial charge in [0.1, 0.15) is 5.76 Å². The van der Waals surface area contributed by atoms with Crippen molar-refractivity contribution >= 4 is 20.0 Å². The average molecular weight is 311 g/mol. The standard InChI is InChI=1S/C9H17N3O5S2/c1-11-7-8-3-4-9(17-8)19(15,16)12-5-2-6-18(10,13)14/h3-4,11-12H,2,5-7H2,1H3,(H2,10,13,14). The fraction of sp³-hybridized carbons (Fsp3) is 0.556. The Labute approximate surface area is 112 Å². The molecule has 1 aromatic rings. The summed E-state index contributed by atoms with van der Waals surface area (Å²) < 4.78 is 52.3. The van der Waals surface area contributed by atoms with Crippen molar-refractivity contribution in [2.45, 2.75) is 18.1 Å². The summed E-state index contributed by atoms with van der Waals surface area (Å²) in [7, 11) is -5.62. The Morgan fingerprint density at radius 3 is 2.53 bits per heavy atom. The van der Waals surface area contributed by atoms with Crippen molar-refractivity contribution < 1.29 is 21.3 Å². The Balaban J connectivity index is 2.55. The van der Waals surface area contributed by atoms with E-state index < -0.39 is 20.0 Å². The maximum Gasteiger partial charge on any atom is 0.273 e. The van der Waals surface area contributed by atoms with Gasteiger partial charge in [-0.3, -0.25) is 0 Å². The molecule has 110 valence electrons. The number of nitrogens with two attached hydrogens (primary N) is 1. The molecule has 0 aliphatic carbocycles. The fourth-order valence-electron chi connectivity index (χ4n) is 1.32. The minimum atomic E-state index is -3.76. The molecule has 1 rings (SSSR count). The van der Waals surface area contributed by atoms with Crippen LogP contribution in [0.1, 0.15) is 12.2 Å². The number of rotatable bonds is 8. The van der Waals surface area contributed by atoms with Crippen molar-refractivity contribution in [1.29, 1.82) is 0 Å². The van der Waals surface area contributed by atoms with Gasteiger partial charge in [-0.05, 0) is 25.6 Å². The van der Waals surface area contributed by atoms with Crippen LogP contribution in [0.4, 0.5) is 0 Å². The second kappa shape index (κ2) is 6.48. The van der Waals surface area contributed by atoms with E-state index >= 15 is 0 Å². The van der Waals surface area contributed by atoms with E-state index in [1.54, 1.807) is 13.1 Å². The summed E-state index contributed by atoms with van der Waals surface area (Å²) in [5, 5.41) is 7.43. The lowest BCUT2D eigenvalue weighted by atomic mass is 10.4. The van der Waals surface area contributed by atoms with Gasteiger partial charge in [-0.1, -0.05) is 0 Å². The van der Waals surface area contributed by atoms with E-state index in [4.69, 9.17) is 9.56 Å². The van der Waals surface area contributed by atoms with E-state index in [2.05, 4.69) is 10.0 Å². The molecule has 0 aliphatic heterocycles. The number of nitrogens with one attached hydrogen (secondary N) is 2. The van der Waals surface area contributed by atoms with Crippen molar-refractivity contribution in [3.63, 3.8) is 0 Å². The van der Waals surface area contributed by atoms with Gasteiger partial charge in [-0.2, -0.15) is 0 Å². The van der Waals surface area contributed by atoms with Gasteiger partial charge in [0.15, 0.2) is 0 Å². The SMILES string of the molecule is CNCc1ccc(S(=O)(=O)NCCCS(N)(=O)=O)o1. The summed E-state index contributed by atoms with van der Waals surface area (Å²) >= 11 is 0. The summed E-state index contributed by atoms with van der Waals surface area (Å²) in [5.74, 6) is 0.214. The summed E-state index contributed by atoms with van der Waals surface area (Å²) in [6.07, 6.45) is 0.0993. The van der Waals surface area contributed by atoms with Crippen LogP contribution in [-0.2, 0) is 26.6 Å². The molecule has 0 bridgehead atoms. The Kier molecular flexibility index (Phi) is 5.50. The van der Waals surface area contributed by atoms with E-state index in [0.29, 0.717) is 12.3 Å². The highest BCUT2D eigenvalue weighted by molar-refractivity contribution is 7.89. The molecule has 4 N–H and O–H groups in total. The number of hydrogen-bond acceptors (Lipinski definition) is 6. The molecule has 1 aromatic heterocycles. The lowest BCUT2D eigenvalue weighted by molar-refractivity contribution is 0.404. The van der Waals surface area contributed by atoms with Crippen molar-refractivity contribution in [1.82, 2.24) is 10.0 Å². The maximum atomic E-state index is 11.8. The molecule has 0 saturated heterocycles. The third kappa shape index (κ3) is 5.70. The molecule has 0 amide bonds. The molecule has 0 unspecified atom stereocenters. The lowest BCUT2D eigenvalue weighted by Crippen LogP contribution is -2.27. The summed E-state index contributed by atoms with van der Waals surface area (Å²) in [6, 6.07) is 2.89. The minimum Gasteiger partial charge on any atom is -0.447 e. The van der Waals surface area contributed by atoms with Crippen LogP contribution in [-0.4, -0.2) is 36.2 Å². The molecule has 0 atom stereocenters. The molecule has 1 heterocycles. The first-order valence-electron chi connectivity index (χ1n) is 5.48.